The molecule has 6 aromatic heterocycles. The summed E-state index contributed by atoms with van der Waals surface area (Å²) in [6.45, 7) is 15.7. The van der Waals surface area contributed by atoms with E-state index in [1.807, 2.05) is 52.0 Å². The first-order valence-electron chi connectivity index (χ1n) is 16.9. The van der Waals surface area contributed by atoms with Crippen LogP contribution >= 0.6 is 0 Å². The molecular formula is C38H41FN12O2. The lowest BCUT2D eigenvalue weighted by atomic mass is 10.1. The fraction of sp³-hybridized carbons (Fsp3) is 0.263. The van der Waals surface area contributed by atoms with Crippen LogP contribution in [-0.4, -0.2) is 60.9 Å². The summed E-state index contributed by atoms with van der Waals surface area (Å²) in [4.78, 5) is 61.1. The van der Waals surface area contributed by atoms with Gasteiger partial charge in [-0.05, 0) is 79.7 Å². The van der Waals surface area contributed by atoms with Crippen LogP contribution in [0, 0.1) is 19.8 Å². The minimum Gasteiger partial charge on any atom is -0.364 e. The van der Waals surface area contributed by atoms with E-state index in [2.05, 4.69) is 66.0 Å². The van der Waals surface area contributed by atoms with E-state index in [1.54, 1.807) is 31.2 Å². The molecule has 8 aromatic rings. The number of rotatable bonds is 3. The number of hydrogen-bond donors (Lipinski definition) is 6. The Morgan fingerprint density at radius 1 is 0.679 bits per heavy atom. The summed E-state index contributed by atoms with van der Waals surface area (Å²) in [6, 6.07) is 14.7. The summed E-state index contributed by atoms with van der Waals surface area (Å²) in [5, 5.41) is 4.37. The molecule has 14 nitrogen and oxygen atoms in total. The average Bonchev–Trinajstić information content (AvgIpc) is 3.71. The molecule has 0 unspecified atom stereocenters. The summed E-state index contributed by atoms with van der Waals surface area (Å²) in [5.41, 5.74) is 12.5. The highest BCUT2D eigenvalue weighted by Gasteiger charge is 2.17. The molecule has 0 bridgehead atoms. The van der Waals surface area contributed by atoms with Gasteiger partial charge < -0.3 is 31.0 Å². The third-order valence-corrected chi connectivity index (χ3v) is 7.62. The zero-order chi connectivity index (χ0) is 38.2. The van der Waals surface area contributed by atoms with Gasteiger partial charge in [-0.2, -0.15) is 4.39 Å². The van der Waals surface area contributed by atoms with Gasteiger partial charge in [0.25, 0.3) is 11.1 Å². The maximum Gasteiger partial charge on any atom is 0.260 e. The van der Waals surface area contributed by atoms with E-state index in [-0.39, 0.29) is 27.9 Å². The van der Waals surface area contributed by atoms with Gasteiger partial charge in [-0.1, -0.05) is 24.3 Å². The van der Waals surface area contributed by atoms with E-state index in [0.717, 1.165) is 33.8 Å². The van der Waals surface area contributed by atoms with Crippen molar-refractivity contribution in [1.82, 2.24) is 49.8 Å². The van der Waals surface area contributed by atoms with Gasteiger partial charge in [0.1, 0.15) is 28.1 Å². The number of benzene rings is 2. The molecule has 6 heterocycles. The summed E-state index contributed by atoms with van der Waals surface area (Å²) in [5.74, 6) is 0.150. The number of nitrogens with two attached hydrogens (primary N) is 1. The summed E-state index contributed by atoms with van der Waals surface area (Å²) in [7, 11) is 0. The molecule has 0 fully saturated rings. The standard InChI is InChI=1S/C19H20N6O.C15H10FN5O.C4H11N/c1-10-16(25-19(2,3)4)24-15-11(6-5-7-13(15)22-10)14-8-12-17(23-14)20-9-21-18(12)26;1-7-13(16)21-12-8(3-2-4-10(12)19-7)11-5-9-14(20-11)17-6-18-15(9)22;1-4(2,3)5/h5-9H,1-4H3,(H,24,25)(H2,20,21,23,26);2-6H,1H3,(H2,17,18,20,22);5H2,1-3H3. The molecule has 0 saturated carbocycles. The number of fused-ring (bicyclic) bond motifs is 4. The number of nitrogens with one attached hydrogen (secondary N) is 5. The predicted molar refractivity (Wildman–Crippen MR) is 207 cm³/mol. The quantitative estimate of drug-likeness (QED) is 0.118. The first-order valence-corrected chi connectivity index (χ1v) is 16.9. The number of aromatic amines is 4. The smallest absolute Gasteiger partial charge is 0.260 e. The number of aryl methyl sites for hydroxylation is 2. The minimum absolute atomic E-state index is 0. The van der Waals surface area contributed by atoms with Crippen LogP contribution in [-0.2, 0) is 0 Å². The molecule has 0 aliphatic heterocycles. The van der Waals surface area contributed by atoms with Crippen LogP contribution in [0.25, 0.3) is 66.6 Å². The summed E-state index contributed by atoms with van der Waals surface area (Å²) in [6.07, 6.45) is 2.72. The SMILES string of the molecule is CC(C)(C)N.Cc1nc2cccc(-c3cc4c(=O)[nH]cnc4[nH]3)c2nc1F.Cc1nc2cccc(-c3cc4c(=O)[nH]cnc4[nH]3)c2nc1NC(C)(C)C. The van der Waals surface area contributed by atoms with E-state index in [9.17, 15) is 14.0 Å². The van der Waals surface area contributed by atoms with Crippen LogP contribution in [0.15, 0.2) is 70.8 Å². The highest BCUT2D eigenvalue weighted by molar-refractivity contribution is 5.95. The second kappa shape index (κ2) is 14.0. The highest BCUT2D eigenvalue weighted by Crippen LogP contribution is 2.30. The van der Waals surface area contributed by atoms with Crippen molar-refractivity contribution in [3.63, 3.8) is 0 Å². The van der Waals surface area contributed by atoms with Crippen molar-refractivity contribution in [1.29, 1.82) is 0 Å². The zero-order valence-electron chi connectivity index (χ0n) is 30.7. The fourth-order valence-corrected chi connectivity index (χ4v) is 5.41. The first-order chi connectivity index (χ1) is 24.9. The third-order valence-electron chi connectivity index (χ3n) is 7.62. The summed E-state index contributed by atoms with van der Waals surface area (Å²) >= 11 is 0. The van der Waals surface area contributed by atoms with Crippen molar-refractivity contribution in [2.75, 3.05) is 5.32 Å². The second-order valence-electron chi connectivity index (χ2n) is 14.7. The Bertz CT molecular complexity index is 2730. The van der Waals surface area contributed by atoms with Crippen molar-refractivity contribution >= 4 is 50.0 Å². The first kappa shape index (κ1) is 36.4. The van der Waals surface area contributed by atoms with E-state index in [0.29, 0.717) is 44.4 Å². The molecule has 272 valence electrons. The number of halogens is 1. The highest BCUT2D eigenvalue weighted by atomic mass is 19.1. The fourth-order valence-electron chi connectivity index (χ4n) is 5.41. The van der Waals surface area contributed by atoms with E-state index in [1.165, 1.54) is 12.7 Å². The van der Waals surface area contributed by atoms with Gasteiger partial charge in [0.15, 0.2) is 0 Å². The number of para-hydroxylation sites is 2. The van der Waals surface area contributed by atoms with Gasteiger partial charge in [-0.3, -0.25) is 9.59 Å². The molecule has 0 aliphatic carbocycles. The number of H-pyrrole nitrogens is 4. The monoisotopic (exact) mass is 716 g/mol. The maximum atomic E-state index is 13.8. The van der Waals surface area contributed by atoms with E-state index in [4.69, 9.17) is 15.7 Å². The second-order valence-corrected chi connectivity index (χ2v) is 14.7. The Morgan fingerprint density at radius 3 is 1.58 bits per heavy atom. The van der Waals surface area contributed by atoms with Crippen LogP contribution in [0.5, 0.6) is 0 Å². The number of aromatic nitrogens is 10. The van der Waals surface area contributed by atoms with Crippen LogP contribution in [0.4, 0.5) is 10.2 Å². The number of hydrogen-bond acceptors (Lipinski definition) is 10. The minimum atomic E-state index is -0.605. The lowest BCUT2D eigenvalue weighted by Gasteiger charge is -2.22. The number of nitrogens with zero attached hydrogens (tertiary/aromatic N) is 6. The molecule has 0 radical (unpaired) electrons. The molecule has 53 heavy (non-hydrogen) atoms. The molecule has 7 N–H and O–H groups in total. The largest absolute Gasteiger partial charge is 0.364 e. The Balaban J connectivity index is 0.000000163. The molecule has 0 atom stereocenters. The van der Waals surface area contributed by atoms with E-state index < -0.39 is 5.95 Å². The van der Waals surface area contributed by atoms with Crippen LogP contribution in [0.1, 0.15) is 52.9 Å². The normalized spacial score (nSPS) is 11.7. The van der Waals surface area contributed by atoms with Crippen LogP contribution in [0.3, 0.4) is 0 Å². The Kier molecular flexibility index (Phi) is 9.62. The van der Waals surface area contributed by atoms with Crippen molar-refractivity contribution in [2.45, 2.75) is 66.5 Å². The Labute approximate surface area is 303 Å². The van der Waals surface area contributed by atoms with Crippen molar-refractivity contribution < 1.29 is 4.39 Å². The lowest BCUT2D eigenvalue weighted by molar-refractivity contribution is 0.572. The molecule has 15 heteroatoms. The van der Waals surface area contributed by atoms with Crippen molar-refractivity contribution in [3.05, 3.63) is 99.2 Å². The van der Waals surface area contributed by atoms with Gasteiger partial charge in [-0.25, -0.2) is 29.9 Å². The van der Waals surface area contributed by atoms with E-state index >= 15 is 0 Å². The van der Waals surface area contributed by atoms with Gasteiger partial charge >= 0.3 is 0 Å². The molecule has 0 amide bonds. The molecule has 0 spiro atoms. The summed E-state index contributed by atoms with van der Waals surface area (Å²) < 4.78 is 13.8. The predicted octanol–water partition coefficient (Wildman–Crippen LogP) is 6.43. The Morgan fingerprint density at radius 2 is 1.13 bits per heavy atom. The Hall–Kier alpha value is -6.35. The van der Waals surface area contributed by atoms with Crippen LogP contribution < -0.4 is 22.2 Å². The van der Waals surface area contributed by atoms with Gasteiger partial charge in [0, 0.05) is 22.2 Å². The van der Waals surface area contributed by atoms with Gasteiger partial charge in [0.05, 0.1) is 57.2 Å². The number of anilines is 1. The lowest BCUT2D eigenvalue weighted by Crippen LogP contribution is -2.27. The topological polar surface area (TPSA) is 213 Å². The van der Waals surface area contributed by atoms with Crippen LogP contribution in [0.2, 0.25) is 0 Å². The maximum absolute atomic E-state index is 13.8. The molecule has 0 saturated heterocycles. The molecule has 2 aromatic carbocycles. The van der Waals surface area contributed by atoms with Crippen molar-refractivity contribution in [3.8, 4) is 22.5 Å². The molecule has 8 rings (SSSR count). The van der Waals surface area contributed by atoms with Crippen molar-refractivity contribution in [2.24, 2.45) is 5.73 Å². The van der Waals surface area contributed by atoms with Gasteiger partial charge in [-0.15, -0.1) is 0 Å². The third kappa shape index (κ3) is 8.25. The molecular weight excluding hydrogens is 675 g/mol. The molecule has 0 aliphatic rings. The van der Waals surface area contributed by atoms with Gasteiger partial charge in [0.2, 0.25) is 5.95 Å². The zero-order valence-corrected chi connectivity index (χ0v) is 30.7. The average molecular weight is 717 g/mol.